The predicted molar refractivity (Wildman–Crippen MR) is 222 cm³/mol. The minimum atomic E-state index is -0.893. The first kappa shape index (κ1) is 39.6. The zero-order valence-electron chi connectivity index (χ0n) is 33.1. The number of H-pyrrole nitrogens is 1. The van der Waals surface area contributed by atoms with Crippen molar-refractivity contribution in [1.82, 2.24) is 30.1 Å². The highest BCUT2D eigenvalue weighted by atomic mass is 17.2. The molecule has 0 bridgehead atoms. The van der Waals surface area contributed by atoms with Gasteiger partial charge in [-0.05, 0) is 79.3 Å². The van der Waals surface area contributed by atoms with Crippen LogP contribution in [0, 0.1) is 11.8 Å². The molecule has 14 nitrogen and oxygen atoms in total. The first-order valence-corrected chi connectivity index (χ1v) is 19.7. The van der Waals surface area contributed by atoms with Gasteiger partial charge in [-0.25, -0.2) is 19.8 Å². The lowest BCUT2D eigenvalue weighted by atomic mass is 10.1. The quantitative estimate of drug-likeness (QED) is 0.0447. The van der Waals surface area contributed by atoms with E-state index in [-0.39, 0.29) is 23.9 Å². The van der Waals surface area contributed by atoms with E-state index in [0.29, 0.717) is 36.1 Å². The lowest BCUT2D eigenvalue weighted by Gasteiger charge is -2.28. The minimum absolute atomic E-state index is 0.175. The van der Waals surface area contributed by atoms with Crippen molar-refractivity contribution < 1.29 is 33.3 Å². The lowest BCUT2D eigenvalue weighted by molar-refractivity contribution is -0.188. The highest BCUT2D eigenvalue weighted by Gasteiger charge is 2.38. The molecule has 3 amide bonds. The average molecular weight is 806 g/mol. The molecule has 60 heavy (non-hydrogen) atoms. The molecule has 0 spiro atoms. The Morgan fingerprint density at radius 2 is 1.52 bits per heavy atom. The second-order valence-electron chi connectivity index (χ2n) is 14.4. The number of aromatic nitrogens is 3. The number of likely N-dealkylation sites (tertiary alicyclic amines) is 2. The maximum atomic E-state index is 13.9. The average Bonchev–Trinajstić information content (AvgIpc) is 4.13. The van der Waals surface area contributed by atoms with Crippen molar-refractivity contribution in [1.29, 1.82) is 0 Å². The summed E-state index contributed by atoms with van der Waals surface area (Å²) in [5.74, 6) is 7.85. The van der Waals surface area contributed by atoms with Gasteiger partial charge in [0.05, 0.1) is 37.5 Å². The summed E-state index contributed by atoms with van der Waals surface area (Å²) in [4.78, 5) is 70.3. The van der Waals surface area contributed by atoms with Gasteiger partial charge in [0.15, 0.2) is 11.8 Å². The van der Waals surface area contributed by atoms with Gasteiger partial charge in [-0.3, -0.25) is 9.59 Å². The van der Waals surface area contributed by atoms with E-state index in [0.717, 1.165) is 65.4 Å². The summed E-state index contributed by atoms with van der Waals surface area (Å²) in [7, 11) is 2.65. The number of imidazole rings is 1. The standard InChI is InChI=1S/C46H43N7O7/c1-57-46(56)51-41(34-13-7-4-8-14-34)45(55)52-25-9-15-37(52)42-49-35-24-21-31(27-36(35)50-42)18-17-30-19-22-32(23-20-30)39-28-47-43(60-39)38-16-10-26-53(38)44(54)40(48-29-59-58-2)33-11-5-3-6-12-33/h3-8,11-14,19-24,27-29,37-38,40-41H,9-10,15-16,25-26H2,1-2H3,(H,49,50)(H,51,56)/t37-,38-,40+,41-/m0/s1. The number of carbonyl (C=O) groups excluding carboxylic acids is 3. The van der Waals surface area contributed by atoms with Crippen LogP contribution in [0.15, 0.2) is 119 Å². The lowest BCUT2D eigenvalue weighted by Crippen LogP contribution is -2.42. The second-order valence-corrected chi connectivity index (χ2v) is 14.4. The third kappa shape index (κ3) is 8.62. The molecular formula is C46H43N7O7. The van der Waals surface area contributed by atoms with Crippen molar-refractivity contribution in [2.24, 2.45) is 4.99 Å². The van der Waals surface area contributed by atoms with Gasteiger partial charge in [-0.2, -0.15) is 4.89 Å². The third-order valence-electron chi connectivity index (χ3n) is 10.7. The summed E-state index contributed by atoms with van der Waals surface area (Å²) in [6, 6.07) is 29.7. The Kier molecular flexibility index (Phi) is 12.0. The maximum Gasteiger partial charge on any atom is 0.407 e. The second kappa shape index (κ2) is 18.1. The number of ether oxygens (including phenoxy) is 1. The minimum Gasteiger partial charge on any atom is -0.453 e. The van der Waals surface area contributed by atoms with E-state index in [2.05, 4.69) is 37.0 Å². The summed E-state index contributed by atoms with van der Waals surface area (Å²) in [6.45, 7) is 1.10. The zero-order chi connectivity index (χ0) is 41.4. The molecule has 4 atom stereocenters. The predicted octanol–water partition coefficient (Wildman–Crippen LogP) is 7.39. The van der Waals surface area contributed by atoms with Gasteiger partial charge in [0.2, 0.25) is 12.3 Å². The topological polar surface area (TPSA) is 164 Å². The molecule has 4 heterocycles. The molecule has 2 aliphatic rings. The third-order valence-corrected chi connectivity index (χ3v) is 10.7. The highest BCUT2D eigenvalue weighted by molar-refractivity contribution is 5.88. The van der Waals surface area contributed by atoms with Crippen molar-refractivity contribution in [2.75, 3.05) is 27.3 Å². The molecule has 2 aromatic heterocycles. The van der Waals surface area contributed by atoms with Gasteiger partial charge in [-0.1, -0.05) is 72.5 Å². The number of carbonyl (C=O) groups is 3. The van der Waals surface area contributed by atoms with Gasteiger partial charge in [0.25, 0.3) is 11.8 Å². The Bertz CT molecular complexity index is 2540. The van der Waals surface area contributed by atoms with Gasteiger partial charge in [0, 0.05) is 29.8 Å². The van der Waals surface area contributed by atoms with Gasteiger partial charge in [-0.15, -0.1) is 0 Å². The number of rotatable bonds is 11. The van der Waals surface area contributed by atoms with Crippen molar-refractivity contribution in [3.8, 4) is 23.2 Å². The van der Waals surface area contributed by atoms with Crippen molar-refractivity contribution in [2.45, 2.75) is 49.9 Å². The van der Waals surface area contributed by atoms with Crippen LogP contribution < -0.4 is 5.32 Å². The number of benzene rings is 4. The zero-order valence-corrected chi connectivity index (χ0v) is 33.1. The summed E-state index contributed by atoms with van der Waals surface area (Å²) in [5, 5.41) is 2.71. The van der Waals surface area contributed by atoms with Crippen molar-refractivity contribution >= 4 is 35.3 Å². The number of alkyl carbamates (subject to hydrolysis) is 1. The largest absolute Gasteiger partial charge is 0.453 e. The Balaban J connectivity index is 0.939. The van der Waals surface area contributed by atoms with E-state index in [4.69, 9.17) is 19.0 Å². The Morgan fingerprint density at radius 1 is 0.850 bits per heavy atom. The fourth-order valence-corrected chi connectivity index (χ4v) is 7.79. The van der Waals surface area contributed by atoms with Crippen LogP contribution in [0.1, 0.15) is 83.8 Å². The summed E-state index contributed by atoms with van der Waals surface area (Å²) >= 11 is 0. The molecule has 0 unspecified atom stereocenters. The number of fused-ring (bicyclic) bond motifs is 1. The molecule has 0 radical (unpaired) electrons. The van der Waals surface area contributed by atoms with Gasteiger partial charge < -0.3 is 34.1 Å². The Labute approximate surface area is 346 Å². The fourth-order valence-electron chi connectivity index (χ4n) is 7.79. The molecule has 8 rings (SSSR count). The molecule has 4 aromatic carbocycles. The fraction of sp³-hybridized carbons (Fsp3) is 0.261. The van der Waals surface area contributed by atoms with Crippen LogP contribution in [-0.2, 0) is 24.1 Å². The number of methoxy groups -OCH3 is 1. The number of aromatic amines is 1. The first-order valence-electron chi connectivity index (χ1n) is 19.7. The van der Waals surface area contributed by atoms with Crippen molar-refractivity contribution in [3.63, 3.8) is 0 Å². The Morgan fingerprint density at radius 3 is 2.23 bits per heavy atom. The number of nitrogens with zero attached hydrogens (tertiary/aromatic N) is 5. The van der Waals surface area contributed by atoms with Crippen molar-refractivity contribution in [3.05, 3.63) is 143 Å². The molecule has 0 aliphatic carbocycles. The van der Waals surface area contributed by atoms with E-state index in [9.17, 15) is 14.4 Å². The SMILES string of the molecule is COOC=N[C@@H](C(=O)N1CCC[C@H]1c1ncc(-c2ccc(C#Cc3ccc4nc([C@@H]5CCCN5C(=O)[C@@H](NC(=O)OC)c5ccccc5)[nH]c4c3)cc2)o1)c1ccccc1. The summed E-state index contributed by atoms with van der Waals surface area (Å²) in [6.07, 6.45) is 5.21. The number of amides is 3. The van der Waals surface area contributed by atoms with Crippen LogP contribution >= 0.6 is 0 Å². The molecule has 14 heteroatoms. The monoisotopic (exact) mass is 805 g/mol. The normalized spacial score (nSPS) is 17.3. The van der Waals surface area contributed by atoms with E-state index in [1.165, 1.54) is 14.2 Å². The molecule has 2 N–H and O–H groups in total. The molecule has 304 valence electrons. The number of aliphatic imine (C=N–C) groups is 1. The number of hydrogen-bond acceptors (Lipinski definition) is 10. The van der Waals surface area contributed by atoms with E-state index >= 15 is 0 Å². The van der Waals surface area contributed by atoms with E-state index in [1.807, 2.05) is 103 Å². The molecule has 6 aromatic rings. The molecular weight excluding hydrogens is 763 g/mol. The van der Waals surface area contributed by atoms with E-state index in [1.54, 1.807) is 16.0 Å². The van der Waals surface area contributed by atoms with Crippen LogP contribution in [0.3, 0.4) is 0 Å². The van der Waals surface area contributed by atoms with Gasteiger partial charge >= 0.3 is 6.09 Å². The Hall–Kier alpha value is -7.24. The maximum absolute atomic E-state index is 13.9. The van der Waals surface area contributed by atoms with Crippen LogP contribution in [0.2, 0.25) is 0 Å². The first-order chi connectivity index (χ1) is 29.4. The molecule has 2 saturated heterocycles. The highest BCUT2D eigenvalue weighted by Crippen LogP contribution is 2.37. The van der Waals surface area contributed by atoms with Crippen LogP contribution in [0.4, 0.5) is 4.79 Å². The molecule has 2 fully saturated rings. The molecule has 2 aliphatic heterocycles. The van der Waals surface area contributed by atoms with Crippen LogP contribution in [0.25, 0.3) is 22.4 Å². The molecule has 0 saturated carbocycles. The van der Waals surface area contributed by atoms with Crippen LogP contribution in [-0.4, -0.2) is 76.4 Å². The van der Waals surface area contributed by atoms with Crippen LogP contribution in [0.5, 0.6) is 0 Å². The number of oxazole rings is 1. The number of nitrogens with one attached hydrogen (secondary N) is 2. The number of hydrogen-bond donors (Lipinski definition) is 2. The summed E-state index contributed by atoms with van der Waals surface area (Å²) < 4.78 is 11.1. The summed E-state index contributed by atoms with van der Waals surface area (Å²) in [5.41, 5.74) is 5.44. The van der Waals surface area contributed by atoms with E-state index < -0.39 is 18.2 Å². The van der Waals surface area contributed by atoms with Gasteiger partial charge in [0.1, 0.15) is 17.9 Å². The smallest absolute Gasteiger partial charge is 0.407 e.